The number of aliphatic hydroxyl groups excluding tert-OH is 1. The van der Waals surface area contributed by atoms with Crippen LogP contribution in [0.25, 0.3) is 0 Å². The van der Waals surface area contributed by atoms with Crippen LogP contribution in [0.4, 0.5) is 0 Å². The molecule has 118 valence electrons. The van der Waals surface area contributed by atoms with E-state index in [0.29, 0.717) is 6.54 Å². The molecule has 7 nitrogen and oxygen atoms in total. The zero-order chi connectivity index (χ0) is 15.8. The number of nitrogens with one attached hydrogen (secondary N) is 2. The number of hydrogen-bond donors (Lipinski definition) is 3. The maximum absolute atomic E-state index is 11.9. The zero-order valence-electron chi connectivity index (χ0n) is 12.6. The fraction of sp³-hybridized carbons (Fsp3) is 0.786. The van der Waals surface area contributed by atoms with Crippen molar-refractivity contribution < 1.29 is 14.7 Å². The van der Waals surface area contributed by atoms with E-state index in [1.165, 1.54) is 0 Å². The van der Waals surface area contributed by atoms with Crippen molar-refractivity contribution in [2.45, 2.75) is 38.8 Å². The Bertz CT molecular complexity index is 406. The Morgan fingerprint density at radius 3 is 2.71 bits per heavy atom. The highest BCUT2D eigenvalue weighted by atomic mass is 16.3. The average Bonchev–Trinajstić information content (AvgIpc) is 2.92. The Kier molecular flexibility index (Phi) is 7.12. The molecule has 0 aromatic carbocycles. The van der Waals surface area contributed by atoms with E-state index in [9.17, 15) is 9.59 Å². The van der Waals surface area contributed by atoms with Gasteiger partial charge in [-0.05, 0) is 18.8 Å². The summed E-state index contributed by atoms with van der Waals surface area (Å²) >= 11 is 0. The van der Waals surface area contributed by atoms with Gasteiger partial charge in [-0.2, -0.15) is 5.26 Å². The molecule has 3 N–H and O–H groups in total. The fourth-order valence-electron chi connectivity index (χ4n) is 2.26. The van der Waals surface area contributed by atoms with Gasteiger partial charge in [0.1, 0.15) is 6.04 Å². The molecule has 1 aliphatic rings. The molecule has 1 saturated heterocycles. The molecule has 0 bridgehead atoms. The van der Waals surface area contributed by atoms with E-state index in [2.05, 4.69) is 16.7 Å². The van der Waals surface area contributed by atoms with Crippen LogP contribution in [0, 0.1) is 17.2 Å². The first-order valence-corrected chi connectivity index (χ1v) is 7.29. The SMILES string of the molecule is CC(C)[C@H](CO)NC(=O)CNCC(=O)N1CCCC1C#N. The first kappa shape index (κ1) is 17.4. The maximum Gasteiger partial charge on any atom is 0.237 e. The molecule has 0 spiro atoms. The molecule has 0 aromatic rings. The molecule has 7 heteroatoms. The van der Waals surface area contributed by atoms with Gasteiger partial charge in [-0.3, -0.25) is 14.9 Å². The molecular weight excluding hydrogens is 272 g/mol. The van der Waals surface area contributed by atoms with E-state index in [-0.39, 0.29) is 49.5 Å². The number of likely N-dealkylation sites (tertiary alicyclic amines) is 1. The van der Waals surface area contributed by atoms with Gasteiger partial charge in [-0.15, -0.1) is 0 Å². The van der Waals surface area contributed by atoms with Crippen LogP contribution < -0.4 is 10.6 Å². The number of carbonyl (C=O) groups excluding carboxylic acids is 2. The lowest BCUT2D eigenvalue weighted by Gasteiger charge is -2.21. The predicted molar refractivity (Wildman–Crippen MR) is 77.1 cm³/mol. The second-order valence-corrected chi connectivity index (χ2v) is 5.58. The van der Waals surface area contributed by atoms with Crippen molar-refractivity contribution in [3.8, 4) is 6.07 Å². The quantitative estimate of drug-likeness (QED) is 0.572. The molecule has 1 fully saturated rings. The van der Waals surface area contributed by atoms with Crippen LogP contribution in [-0.2, 0) is 9.59 Å². The van der Waals surface area contributed by atoms with Gasteiger partial charge >= 0.3 is 0 Å². The highest BCUT2D eigenvalue weighted by Gasteiger charge is 2.28. The number of hydrogen-bond acceptors (Lipinski definition) is 5. The molecular formula is C14H24N4O3. The fourth-order valence-corrected chi connectivity index (χ4v) is 2.26. The van der Waals surface area contributed by atoms with Gasteiger partial charge in [0, 0.05) is 6.54 Å². The highest BCUT2D eigenvalue weighted by molar-refractivity contribution is 5.81. The minimum absolute atomic E-state index is 0.0139. The monoisotopic (exact) mass is 296 g/mol. The minimum atomic E-state index is -0.340. The number of aliphatic hydroxyl groups is 1. The van der Waals surface area contributed by atoms with Crippen molar-refractivity contribution in [3.05, 3.63) is 0 Å². The Labute approximate surface area is 125 Å². The number of amides is 2. The average molecular weight is 296 g/mol. The van der Waals surface area contributed by atoms with E-state index in [0.717, 1.165) is 12.8 Å². The van der Waals surface area contributed by atoms with Crippen molar-refractivity contribution in [1.29, 1.82) is 5.26 Å². The largest absolute Gasteiger partial charge is 0.394 e. The van der Waals surface area contributed by atoms with Gasteiger partial charge < -0.3 is 15.3 Å². The molecule has 1 heterocycles. The van der Waals surface area contributed by atoms with Crippen LogP contribution in [-0.4, -0.2) is 60.1 Å². The van der Waals surface area contributed by atoms with Crippen molar-refractivity contribution >= 4 is 11.8 Å². The lowest BCUT2D eigenvalue weighted by Crippen LogP contribution is -2.47. The zero-order valence-corrected chi connectivity index (χ0v) is 12.6. The van der Waals surface area contributed by atoms with Gasteiger partial charge in [-0.1, -0.05) is 13.8 Å². The molecule has 2 amide bonds. The summed E-state index contributed by atoms with van der Waals surface area (Å²) in [4.78, 5) is 25.2. The van der Waals surface area contributed by atoms with Gasteiger partial charge in [0.2, 0.25) is 11.8 Å². The Hall–Kier alpha value is -1.65. The highest BCUT2D eigenvalue weighted by Crippen LogP contribution is 2.15. The summed E-state index contributed by atoms with van der Waals surface area (Å²) in [5.41, 5.74) is 0. The van der Waals surface area contributed by atoms with E-state index in [1.54, 1.807) is 4.90 Å². The smallest absolute Gasteiger partial charge is 0.237 e. The molecule has 2 atom stereocenters. The van der Waals surface area contributed by atoms with Crippen molar-refractivity contribution in [1.82, 2.24) is 15.5 Å². The molecule has 1 unspecified atom stereocenters. The number of carbonyl (C=O) groups is 2. The van der Waals surface area contributed by atoms with E-state index in [4.69, 9.17) is 10.4 Å². The molecule has 21 heavy (non-hydrogen) atoms. The van der Waals surface area contributed by atoms with Gasteiger partial charge in [0.15, 0.2) is 0 Å². The summed E-state index contributed by atoms with van der Waals surface area (Å²) in [7, 11) is 0. The summed E-state index contributed by atoms with van der Waals surface area (Å²) in [5, 5.41) is 23.5. The maximum atomic E-state index is 11.9. The standard InChI is InChI=1S/C14H24N4O3/c1-10(2)12(9-19)17-13(20)7-16-8-14(21)18-5-3-4-11(18)6-15/h10-12,16,19H,3-5,7-9H2,1-2H3,(H,17,20)/t11?,12-/m0/s1. The first-order chi connectivity index (χ1) is 9.99. The summed E-state index contributed by atoms with van der Waals surface area (Å²) in [6.07, 6.45) is 1.56. The molecule has 0 radical (unpaired) electrons. The van der Waals surface area contributed by atoms with Crippen LogP contribution in [0.3, 0.4) is 0 Å². The second kappa shape index (κ2) is 8.60. The Balaban J connectivity index is 2.28. The van der Waals surface area contributed by atoms with E-state index in [1.807, 2.05) is 13.8 Å². The number of nitriles is 1. The molecule has 0 saturated carbocycles. The van der Waals surface area contributed by atoms with Crippen LogP contribution >= 0.6 is 0 Å². The van der Waals surface area contributed by atoms with E-state index >= 15 is 0 Å². The van der Waals surface area contributed by atoms with Crippen LogP contribution in [0.5, 0.6) is 0 Å². The van der Waals surface area contributed by atoms with Crippen LogP contribution in [0.1, 0.15) is 26.7 Å². The summed E-state index contributed by atoms with van der Waals surface area (Å²) in [6, 6.07) is 1.49. The first-order valence-electron chi connectivity index (χ1n) is 7.29. The molecule has 1 rings (SSSR count). The number of nitrogens with zero attached hydrogens (tertiary/aromatic N) is 2. The van der Waals surface area contributed by atoms with E-state index < -0.39 is 0 Å². The third-order valence-corrected chi connectivity index (χ3v) is 3.63. The summed E-state index contributed by atoms with van der Waals surface area (Å²) in [5.74, 6) is -0.273. The normalized spacial score (nSPS) is 19.4. The molecule has 0 aromatic heterocycles. The summed E-state index contributed by atoms with van der Waals surface area (Å²) < 4.78 is 0. The Morgan fingerprint density at radius 2 is 2.14 bits per heavy atom. The van der Waals surface area contributed by atoms with Gasteiger partial charge in [0.25, 0.3) is 0 Å². The van der Waals surface area contributed by atoms with Gasteiger partial charge in [-0.25, -0.2) is 0 Å². The third kappa shape index (κ3) is 5.33. The van der Waals surface area contributed by atoms with Crippen molar-refractivity contribution in [3.63, 3.8) is 0 Å². The van der Waals surface area contributed by atoms with Crippen molar-refractivity contribution in [2.24, 2.45) is 5.92 Å². The van der Waals surface area contributed by atoms with Crippen molar-refractivity contribution in [2.75, 3.05) is 26.2 Å². The lowest BCUT2D eigenvalue weighted by atomic mass is 10.1. The lowest BCUT2D eigenvalue weighted by molar-refractivity contribution is -0.130. The van der Waals surface area contributed by atoms with Crippen LogP contribution in [0.2, 0.25) is 0 Å². The minimum Gasteiger partial charge on any atom is -0.394 e. The molecule has 1 aliphatic heterocycles. The Morgan fingerprint density at radius 1 is 1.43 bits per heavy atom. The van der Waals surface area contributed by atoms with Crippen LogP contribution in [0.15, 0.2) is 0 Å². The predicted octanol–water partition coefficient (Wildman–Crippen LogP) is -0.776. The number of rotatable bonds is 7. The summed E-state index contributed by atoms with van der Waals surface area (Å²) in [6.45, 7) is 4.36. The molecule has 0 aliphatic carbocycles. The topological polar surface area (TPSA) is 105 Å². The third-order valence-electron chi connectivity index (χ3n) is 3.63. The van der Waals surface area contributed by atoms with Gasteiger partial charge in [0.05, 0.1) is 31.8 Å². The second-order valence-electron chi connectivity index (χ2n) is 5.58.